The highest BCUT2D eigenvalue weighted by Crippen LogP contribution is 2.36. The van der Waals surface area contributed by atoms with Crippen molar-refractivity contribution in [3.8, 4) is 22.3 Å². The van der Waals surface area contributed by atoms with Gasteiger partial charge in [-0.25, -0.2) is 0 Å². The average Bonchev–Trinajstić information content (AvgIpc) is 2.63. The highest BCUT2D eigenvalue weighted by molar-refractivity contribution is 7.29. The Morgan fingerprint density at radius 1 is 0.667 bits per heavy atom. The van der Waals surface area contributed by atoms with Gasteiger partial charge in [0.2, 0.25) is 0 Å². The predicted octanol–water partition coefficient (Wildman–Crippen LogP) is 5.98. The minimum absolute atomic E-state index is 1.25. The molecule has 0 saturated carbocycles. The Kier molecular flexibility index (Phi) is 3.92. The van der Waals surface area contributed by atoms with Gasteiger partial charge in [-0.15, -0.1) is 9.24 Å². The minimum Gasteiger partial charge on any atom is -0.104 e. The van der Waals surface area contributed by atoms with Crippen molar-refractivity contribution in [3.63, 3.8) is 0 Å². The Bertz CT molecular complexity index is 1020. The van der Waals surface area contributed by atoms with Gasteiger partial charge in [0.25, 0.3) is 0 Å². The van der Waals surface area contributed by atoms with Crippen LogP contribution >= 0.6 is 9.24 Å². The van der Waals surface area contributed by atoms with Crippen molar-refractivity contribution < 1.29 is 0 Å². The molecule has 4 aromatic carbocycles. The molecule has 0 aliphatic rings. The lowest BCUT2D eigenvalue weighted by molar-refractivity contribution is 1.47. The molecule has 0 radical (unpaired) electrons. The molecule has 0 bridgehead atoms. The maximum Gasteiger partial charge on any atom is -0.00246 e. The molecule has 0 heterocycles. The SMILES string of the molecule is Cc1ccccc1-c1c(-c2ccccc2)cc2ccccc2c1P. The third-order valence-corrected chi connectivity index (χ3v) is 5.19. The smallest absolute Gasteiger partial charge is 0.00246 e. The molecule has 0 aliphatic carbocycles. The Labute approximate surface area is 145 Å². The van der Waals surface area contributed by atoms with Gasteiger partial charge in [0, 0.05) is 0 Å². The Morgan fingerprint density at radius 3 is 2.12 bits per heavy atom. The number of fused-ring (bicyclic) bond motifs is 1. The fourth-order valence-corrected chi connectivity index (χ4v) is 3.94. The largest absolute Gasteiger partial charge is 0.104 e. The normalized spacial score (nSPS) is 10.9. The summed E-state index contributed by atoms with van der Waals surface area (Å²) in [5.41, 5.74) is 6.45. The van der Waals surface area contributed by atoms with Crippen molar-refractivity contribution in [2.75, 3.05) is 0 Å². The lowest BCUT2D eigenvalue weighted by atomic mass is 9.89. The zero-order valence-corrected chi connectivity index (χ0v) is 14.8. The molecule has 0 N–H and O–H groups in total. The second-order valence-corrected chi connectivity index (χ2v) is 6.69. The number of aryl methyl sites for hydroxylation is 1. The van der Waals surface area contributed by atoms with E-state index in [4.69, 9.17) is 0 Å². The standard InChI is InChI=1S/C23H19P/c1-16-9-5-7-13-19(16)22-21(17-10-3-2-4-11-17)15-18-12-6-8-14-20(18)23(22)24/h2-15H,24H2,1H3. The van der Waals surface area contributed by atoms with Crippen molar-refractivity contribution in [2.45, 2.75) is 6.92 Å². The maximum absolute atomic E-state index is 2.98. The Morgan fingerprint density at radius 2 is 1.33 bits per heavy atom. The van der Waals surface area contributed by atoms with Crippen molar-refractivity contribution in [1.29, 1.82) is 0 Å². The topological polar surface area (TPSA) is 0 Å². The summed E-state index contributed by atoms with van der Waals surface area (Å²) in [5, 5.41) is 3.83. The first kappa shape index (κ1) is 15.1. The van der Waals surface area contributed by atoms with Crippen LogP contribution in [-0.2, 0) is 0 Å². The van der Waals surface area contributed by atoms with Gasteiger partial charge in [-0.05, 0) is 56.9 Å². The molecule has 4 aromatic rings. The van der Waals surface area contributed by atoms with E-state index < -0.39 is 0 Å². The van der Waals surface area contributed by atoms with Crippen LogP contribution < -0.4 is 5.30 Å². The van der Waals surface area contributed by atoms with E-state index in [0.717, 1.165) is 0 Å². The van der Waals surface area contributed by atoms with Gasteiger partial charge in [0.05, 0.1) is 0 Å². The van der Waals surface area contributed by atoms with Gasteiger partial charge in [-0.1, -0.05) is 78.9 Å². The first-order valence-electron chi connectivity index (χ1n) is 8.18. The van der Waals surface area contributed by atoms with Crippen LogP contribution in [0.4, 0.5) is 0 Å². The number of benzene rings is 4. The summed E-state index contributed by atoms with van der Waals surface area (Å²) in [6.07, 6.45) is 0. The van der Waals surface area contributed by atoms with E-state index >= 15 is 0 Å². The van der Waals surface area contributed by atoms with Gasteiger partial charge in [0.15, 0.2) is 0 Å². The summed E-state index contributed by atoms with van der Waals surface area (Å²) in [6, 6.07) is 30.2. The van der Waals surface area contributed by atoms with E-state index in [0.29, 0.717) is 0 Å². The molecule has 0 aliphatic heterocycles. The van der Waals surface area contributed by atoms with E-state index in [1.165, 1.54) is 43.9 Å². The highest BCUT2D eigenvalue weighted by atomic mass is 31.0. The molecule has 0 nitrogen and oxygen atoms in total. The van der Waals surface area contributed by atoms with Gasteiger partial charge in [0.1, 0.15) is 0 Å². The molecule has 24 heavy (non-hydrogen) atoms. The lowest BCUT2D eigenvalue weighted by Crippen LogP contribution is -2.03. The molecule has 4 rings (SSSR count). The zero-order chi connectivity index (χ0) is 16.5. The van der Waals surface area contributed by atoms with E-state index in [9.17, 15) is 0 Å². The van der Waals surface area contributed by atoms with Gasteiger partial charge < -0.3 is 0 Å². The number of hydrogen-bond acceptors (Lipinski definition) is 0. The summed E-state index contributed by atoms with van der Waals surface area (Å²) in [4.78, 5) is 0. The van der Waals surface area contributed by atoms with Crippen LogP contribution in [0.3, 0.4) is 0 Å². The van der Waals surface area contributed by atoms with Crippen LogP contribution in [0.1, 0.15) is 5.56 Å². The van der Waals surface area contributed by atoms with Crippen LogP contribution in [0.2, 0.25) is 0 Å². The number of hydrogen-bond donors (Lipinski definition) is 0. The zero-order valence-electron chi connectivity index (χ0n) is 13.7. The summed E-state index contributed by atoms with van der Waals surface area (Å²) in [5.74, 6) is 0. The van der Waals surface area contributed by atoms with Crippen LogP contribution in [0, 0.1) is 6.92 Å². The molecule has 0 aromatic heterocycles. The van der Waals surface area contributed by atoms with Crippen LogP contribution in [-0.4, -0.2) is 0 Å². The first-order valence-corrected chi connectivity index (χ1v) is 8.76. The highest BCUT2D eigenvalue weighted by Gasteiger charge is 2.15. The molecule has 0 saturated heterocycles. The molecular weight excluding hydrogens is 307 g/mol. The third-order valence-electron chi connectivity index (χ3n) is 4.59. The Hall–Kier alpha value is -2.43. The third kappa shape index (κ3) is 2.54. The van der Waals surface area contributed by atoms with Crippen LogP contribution in [0.5, 0.6) is 0 Å². The van der Waals surface area contributed by atoms with Crippen molar-refractivity contribution in [3.05, 3.63) is 90.5 Å². The van der Waals surface area contributed by atoms with Crippen molar-refractivity contribution in [2.24, 2.45) is 0 Å². The Balaban J connectivity index is 2.14. The van der Waals surface area contributed by atoms with E-state index in [-0.39, 0.29) is 0 Å². The second kappa shape index (κ2) is 6.23. The van der Waals surface area contributed by atoms with E-state index in [1.54, 1.807) is 0 Å². The molecule has 0 spiro atoms. The number of rotatable bonds is 2. The molecule has 0 amide bonds. The van der Waals surface area contributed by atoms with Crippen LogP contribution in [0.25, 0.3) is 33.0 Å². The quantitative estimate of drug-likeness (QED) is 0.397. The fraction of sp³-hybridized carbons (Fsp3) is 0.0435. The van der Waals surface area contributed by atoms with E-state index in [1.807, 2.05) is 0 Å². The first-order chi connectivity index (χ1) is 11.8. The fourth-order valence-electron chi connectivity index (χ4n) is 3.36. The molecule has 1 atom stereocenters. The van der Waals surface area contributed by atoms with Crippen molar-refractivity contribution >= 4 is 25.3 Å². The summed E-state index contributed by atoms with van der Waals surface area (Å²) >= 11 is 0. The molecular formula is C23H19P. The molecule has 1 heteroatoms. The average molecular weight is 326 g/mol. The maximum atomic E-state index is 2.98. The van der Waals surface area contributed by atoms with Gasteiger partial charge in [-0.2, -0.15) is 0 Å². The predicted molar refractivity (Wildman–Crippen MR) is 109 cm³/mol. The lowest BCUT2D eigenvalue weighted by Gasteiger charge is -2.18. The van der Waals surface area contributed by atoms with Crippen LogP contribution in [0.15, 0.2) is 84.9 Å². The molecule has 0 fully saturated rings. The summed E-state index contributed by atoms with van der Waals surface area (Å²) < 4.78 is 0. The summed E-state index contributed by atoms with van der Waals surface area (Å²) in [6.45, 7) is 2.18. The minimum atomic E-state index is 1.25. The monoisotopic (exact) mass is 326 g/mol. The summed E-state index contributed by atoms with van der Waals surface area (Å²) in [7, 11) is 2.98. The van der Waals surface area contributed by atoms with Gasteiger partial charge in [-0.3, -0.25) is 0 Å². The van der Waals surface area contributed by atoms with E-state index in [2.05, 4.69) is 101 Å². The van der Waals surface area contributed by atoms with Crippen molar-refractivity contribution in [1.82, 2.24) is 0 Å². The van der Waals surface area contributed by atoms with Gasteiger partial charge >= 0.3 is 0 Å². The second-order valence-electron chi connectivity index (χ2n) is 6.11. The molecule has 116 valence electrons. The molecule has 1 unspecified atom stereocenters.